The van der Waals surface area contributed by atoms with Crippen LogP contribution in [0.15, 0.2) is 42.5 Å². The molecule has 6 nitrogen and oxygen atoms in total. The van der Waals surface area contributed by atoms with Crippen LogP contribution in [0.5, 0.6) is 0 Å². The molecular weight excluding hydrogens is 383 g/mol. The Morgan fingerprint density at radius 3 is 2.67 bits per heavy atom. The number of H-pyrrole nitrogens is 1. The zero-order chi connectivity index (χ0) is 21.3. The summed E-state index contributed by atoms with van der Waals surface area (Å²) in [4.78, 5) is 29.6. The summed E-state index contributed by atoms with van der Waals surface area (Å²) >= 11 is 0. The van der Waals surface area contributed by atoms with E-state index >= 15 is 0 Å². The van der Waals surface area contributed by atoms with Gasteiger partial charge in [0.1, 0.15) is 5.82 Å². The molecule has 30 heavy (non-hydrogen) atoms. The molecule has 0 radical (unpaired) electrons. The number of aromatic nitrogens is 1. The summed E-state index contributed by atoms with van der Waals surface area (Å²) in [5.41, 5.74) is 9.55. The van der Waals surface area contributed by atoms with E-state index in [1.165, 1.54) is 12.1 Å². The number of hydrogen-bond acceptors (Lipinski definition) is 3. The van der Waals surface area contributed by atoms with Crippen LogP contribution < -0.4 is 16.0 Å². The second kappa shape index (κ2) is 8.18. The molecule has 156 valence electrons. The zero-order valence-corrected chi connectivity index (χ0v) is 16.9. The van der Waals surface area contributed by atoms with Gasteiger partial charge in [0.15, 0.2) is 0 Å². The van der Waals surface area contributed by atoms with Gasteiger partial charge in [-0.3, -0.25) is 9.59 Å². The molecule has 1 aliphatic rings. The van der Waals surface area contributed by atoms with Crippen molar-refractivity contribution < 1.29 is 14.0 Å². The van der Waals surface area contributed by atoms with E-state index in [1.807, 2.05) is 31.2 Å². The number of anilines is 2. The maximum atomic E-state index is 13.7. The van der Waals surface area contributed by atoms with Crippen molar-refractivity contribution in [3.05, 3.63) is 59.5 Å². The number of halogens is 1. The van der Waals surface area contributed by atoms with E-state index in [1.54, 1.807) is 6.07 Å². The third kappa shape index (κ3) is 4.01. The lowest BCUT2D eigenvalue weighted by molar-refractivity contribution is -0.122. The second-order valence-corrected chi connectivity index (χ2v) is 7.82. The highest BCUT2D eigenvalue weighted by molar-refractivity contribution is 5.98. The van der Waals surface area contributed by atoms with E-state index < -0.39 is 0 Å². The Kier molecular flexibility index (Phi) is 5.44. The molecule has 1 aliphatic heterocycles. The van der Waals surface area contributed by atoms with Crippen LogP contribution in [0.1, 0.15) is 24.1 Å². The average molecular weight is 408 g/mol. The summed E-state index contributed by atoms with van der Waals surface area (Å²) in [5.74, 6) is -0.828. The number of aromatic amines is 1. The van der Waals surface area contributed by atoms with E-state index in [0.29, 0.717) is 25.9 Å². The molecule has 4 rings (SSSR count). The molecule has 2 heterocycles. The number of carbonyl (C=O) groups excluding carboxylic acids is 2. The number of nitrogens with one attached hydrogen (secondary N) is 2. The fourth-order valence-electron chi connectivity index (χ4n) is 4.20. The van der Waals surface area contributed by atoms with Crippen LogP contribution in [-0.4, -0.2) is 29.9 Å². The molecule has 1 fully saturated rings. The van der Waals surface area contributed by atoms with Crippen LogP contribution in [0.25, 0.3) is 10.9 Å². The van der Waals surface area contributed by atoms with Crippen molar-refractivity contribution in [2.75, 3.05) is 23.3 Å². The fraction of sp³-hybridized carbons (Fsp3) is 0.304. The van der Waals surface area contributed by atoms with Gasteiger partial charge in [-0.25, -0.2) is 4.39 Å². The van der Waals surface area contributed by atoms with E-state index in [-0.39, 0.29) is 30.0 Å². The van der Waals surface area contributed by atoms with Crippen LogP contribution in [-0.2, 0) is 16.0 Å². The van der Waals surface area contributed by atoms with Crippen LogP contribution in [0.4, 0.5) is 15.8 Å². The molecule has 2 amide bonds. The lowest BCUT2D eigenvalue weighted by Crippen LogP contribution is -2.38. The van der Waals surface area contributed by atoms with E-state index in [9.17, 15) is 14.0 Å². The minimum atomic E-state index is -0.326. The summed E-state index contributed by atoms with van der Waals surface area (Å²) in [6.07, 6.45) is 1.56. The van der Waals surface area contributed by atoms with Gasteiger partial charge in [-0.15, -0.1) is 0 Å². The number of nitrogens with zero attached hydrogens (tertiary/aromatic N) is 1. The van der Waals surface area contributed by atoms with Gasteiger partial charge in [-0.1, -0.05) is 12.1 Å². The molecule has 0 spiro atoms. The van der Waals surface area contributed by atoms with Crippen molar-refractivity contribution in [2.45, 2.75) is 26.2 Å². The molecule has 3 aromatic rings. The van der Waals surface area contributed by atoms with Crippen molar-refractivity contribution >= 4 is 34.1 Å². The Hall–Kier alpha value is -3.35. The summed E-state index contributed by atoms with van der Waals surface area (Å²) in [5, 5.41) is 3.73. The topological polar surface area (TPSA) is 91.2 Å². The molecule has 0 unspecified atom stereocenters. The van der Waals surface area contributed by atoms with Gasteiger partial charge in [0.05, 0.1) is 17.8 Å². The van der Waals surface area contributed by atoms with Crippen LogP contribution in [0.3, 0.4) is 0 Å². The lowest BCUT2D eigenvalue weighted by Gasteiger charge is -2.33. The second-order valence-electron chi connectivity index (χ2n) is 7.82. The molecule has 0 saturated carbocycles. The summed E-state index contributed by atoms with van der Waals surface area (Å²) in [7, 11) is 0. The van der Waals surface area contributed by atoms with Crippen molar-refractivity contribution in [3.63, 3.8) is 0 Å². The number of hydrogen-bond donors (Lipinski definition) is 3. The Labute approximate surface area is 174 Å². The Balaban J connectivity index is 1.51. The number of primary amides is 1. The van der Waals surface area contributed by atoms with Crippen LogP contribution in [0, 0.1) is 18.7 Å². The maximum absolute atomic E-state index is 13.7. The van der Waals surface area contributed by atoms with Gasteiger partial charge >= 0.3 is 0 Å². The van der Waals surface area contributed by atoms with Gasteiger partial charge in [0.2, 0.25) is 11.8 Å². The van der Waals surface area contributed by atoms with Crippen LogP contribution >= 0.6 is 0 Å². The van der Waals surface area contributed by atoms with Crippen molar-refractivity contribution in [1.29, 1.82) is 0 Å². The number of para-hydroxylation sites is 2. The number of fused-ring (bicyclic) bond motifs is 1. The summed E-state index contributed by atoms with van der Waals surface area (Å²) in [6, 6.07) is 12.2. The first kappa shape index (κ1) is 19.9. The van der Waals surface area contributed by atoms with Gasteiger partial charge < -0.3 is 20.9 Å². The maximum Gasteiger partial charge on any atom is 0.228 e. The standard InChI is InChI=1S/C23H25FN4O2/c1-14-17(18-12-16(24)6-7-19(18)26-14)13-22(29)27-20-4-2-3-5-21(20)28-10-8-15(9-11-28)23(25)30/h2-7,12,15,26H,8-11,13H2,1H3,(H2,25,30)(H,27,29). The number of carbonyl (C=O) groups is 2. The zero-order valence-electron chi connectivity index (χ0n) is 16.9. The largest absolute Gasteiger partial charge is 0.370 e. The molecule has 7 heteroatoms. The summed E-state index contributed by atoms with van der Waals surface area (Å²) in [6.45, 7) is 3.31. The SMILES string of the molecule is Cc1[nH]c2ccc(F)cc2c1CC(=O)Nc1ccccc1N1CCC(C(N)=O)CC1. The highest BCUT2D eigenvalue weighted by atomic mass is 19.1. The quantitative estimate of drug-likeness (QED) is 0.603. The number of amides is 2. The van der Waals surface area contributed by atoms with Crippen LogP contribution in [0.2, 0.25) is 0 Å². The first-order chi connectivity index (χ1) is 14.4. The normalized spacial score (nSPS) is 14.8. The monoisotopic (exact) mass is 408 g/mol. The third-order valence-corrected chi connectivity index (χ3v) is 5.84. The first-order valence-corrected chi connectivity index (χ1v) is 10.1. The number of piperidine rings is 1. The van der Waals surface area contributed by atoms with Gasteiger partial charge in [0, 0.05) is 35.6 Å². The Morgan fingerprint density at radius 1 is 1.20 bits per heavy atom. The third-order valence-electron chi connectivity index (χ3n) is 5.84. The molecule has 0 aliphatic carbocycles. The van der Waals surface area contributed by atoms with E-state index in [4.69, 9.17) is 5.73 Å². The van der Waals surface area contributed by atoms with E-state index in [0.717, 1.165) is 33.5 Å². The van der Waals surface area contributed by atoms with Crippen molar-refractivity contribution in [3.8, 4) is 0 Å². The van der Waals surface area contributed by atoms with Crippen molar-refractivity contribution in [1.82, 2.24) is 4.98 Å². The molecule has 1 saturated heterocycles. The Bertz CT molecular complexity index is 1100. The van der Waals surface area contributed by atoms with Gasteiger partial charge in [-0.05, 0) is 55.7 Å². The number of benzene rings is 2. The Morgan fingerprint density at radius 2 is 1.93 bits per heavy atom. The van der Waals surface area contributed by atoms with Gasteiger partial charge in [-0.2, -0.15) is 0 Å². The summed E-state index contributed by atoms with van der Waals surface area (Å²) < 4.78 is 13.7. The fourth-order valence-corrected chi connectivity index (χ4v) is 4.20. The minimum Gasteiger partial charge on any atom is -0.370 e. The molecule has 2 aromatic carbocycles. The smallest absolute Gasteiger partial charge is 0.228 e. The minimum absolute atomic E-state index is 0.0896. The number of nitrogens with two attached hydrogens (primary N) is 1. The lowest BCUT2D eigenvalue weighted by atomic mass is 9.96. The van der Waals surface area contributed by atoms with Crippen molar-refractivity contribution in [2.24, 2.45) is 11.7 Å². The molecule has 4 N–H and O–H groups in total. The van der Waals surface area contributed by atoms with E-state index in [2.05, 4.69) is 15.2 Å². The molecule has 0 bridgehead atoms. The number of aryl methyl sites for hydroxylation is 1. The van der Waals surface area contributed by atoms with Gasteiger partial charge in [0.25, 0.3) is 0 Å². The predicted molar refractivity (Wildman–Crippen MR) is 116 cm³/mol. The molecule has 0 atom stereocenters. The average Bonchev–Trinajstić information content (AvgIpc) is 3.03. The predicted octanol–water partition coefficient (Wildman–Crippen LogP) is 3.50. The molecular formula is C23H25FN4O2. The number of rotatable bonds is 5. The highest BCUT2D eigenvalue weighted by Crippen LogP contribution is 2.30. The molecule has 1 aromatic heterocycles. The highest BCUT2D eigenvalue weighted by Gasteiger charge is 2.24. The first-order valence-electron chi connectivity index (χ1n) is 10.1.